The fraction of sp³-hybridized carbons (Fsp3) is 0. The van der Waals surface area contributed by atoms with Crippen molar-refractivity contribution in [2.45, 2.75) is 0 Å². The fourth-order valence-electron chi connectivity index (χ4n) is 0.0667. The first-order valence-corrected chi connectivity index (χ1v) is 1.91. The maximum Gasteiger partial charge on any atom is 0.242 e. The van der Waals surface area contributed by atoms with Crippen molar-refractivity contribution in [2.24, 2.45) is 28.4 Å². The van der Waals surface area contributed by atoms with Crippen LogP contribution in [0.25, 0.3) is 16.0 Å². The average Bonchev–Trinajstić information content (AvgIpc) is 1.88. The van der Waals surface area contributed by atoms with E-state index in [1.165, 1.54) is 4.91 Å². The van der Waals surface area contributed by atoms with Gasteiger partial charge in [-0.25, -0.2) is 16.8 Å². The maximum atomic E-state index is 6.75. The number of hydrazine groups is 2. The molecule has 0 spiro atoms. The third kappa shape index (κ3) is 9.57. The predicted octanol–water partition coefficient (Wildman–Crippen LogP) is -1.91. The molecule has 9 heteroatoms. The van der Waals surface area contributed by atoms with Crippen molar-refractivity contribution in [1.29, 1.82) is 0 Å². The van der Waals surface area contributed by atoms with E-state index in [0.29, 0.717) is 5.12 Å². The summed E-state index contributed by atoms with van der Waals surface area (Å²) in [6.45, 7) is 0. The normalized spacial score (nSPS) is 8.80. The number of guanidine groups is 1. The Hall–Kier alpha value is -1.70. The van der Waals surface area contributed by atoms with Crippen molar-refractivity contribution >= 4 is 5.96 Å². The Morgan fingerprint density at radius 2 is 1.70 bits per heavy atom. The van der Waals surface area contributed by atoms with Gasteiger partial charge in [-0.15, -0.1) is 5.10 Å². The molecule has 0 aromatic heterocycles. The van der Waals surface area contributed by atoms with Crippen LogP contribution in [0.4, 0.5) is 0 Å². The van der Waals surface area contributed by atoms with E-state index >= 15 is 0 Å². The van der Waals surface area contributed by atoms with Gasteiger partial charge in [0.05, 0.1) is 0 Å². The van der Waals surface area contributed by atoms with Crippen LogP contribution in [0.1, 0.15) is 0 Å². The molecule has 0 atom stereocenters. The minimum Gasteiger partial charge on any atom is -0.373 e. The van der Waals surface area contributed by atoms with E-state index in [1.807, 2.05) is 0 Å². The van der Waals surface area contributed by atoms with Gasteiger partial charge in [0, 0.05) is 0 Å². The molecule has 0 aromatic rings. The summed E-state index contributed by atoms with van der Waals surface area (Å²) >= 11 is 0. The molecule has 10 heavy (non-hydrogen) atoms. The third-order valence-corrected chi connectivity index (χ3v) is 0.397. The number of nitrogens with two attached hydrogens (primary N) is 4. The van der Waals surface area contributed by atoms with Crippen LogP contribution in [0.15, 0.2) is 5.10 Å². The highest BCUT2D eigenvalue weighted by Crippen LogP contribution is 1.55. The minimum absolute atomic E-state index is 0.111. The van der Waals surface area contributed by atoms with Gasteiger partial charge in [-0.2, -0.15) is 0 Å². The zero-order valence-corrected chi connectivity index (χ0v) is 5.05. The zero-order valence-electron chi connectivity index (χ0n) is 5.05. The molecule has 0 heterocycles. The van der Waals surface area contributed by atoms with Crippen LogP contribution in [0.2, 0.25) is 0 Å². The van der Waals surface area contributed by atoms with Gasteiger partial charge in [-0.1, -0.05) is 0 Å². The maximum absolute atomic E-state index is 6.75. The molecule has 0 aliphatic carbocycles. The van der Waals surface area contributed by atoms with Gasteiger partial charge in [0.15, 0.2) is 0 Å². The van der Waals surface area contributed by atoms with E-state index in [1.54, 1.807) is 0 Å². The van der Waals surface area contributed by atoms with Crippen LogP contribution < -0.4 is 23.3 Å². The van der Waals surface area contributed by atoms with Gasteiger partial charge in [0.2, 0.25) is 5.96 Å². The van der Waals surface area contributed by atoms with Crippen LogP contribution in [0.5, 0.6) is 0 Å². The number of hydrazone groups is 1. The second kappa shape index (κ2) is 7.30. The molecule has 0 fully saturated rings. The Kier molecular flexibility index (Phi) is 8.14. The molecule has 9 nitrogen and oxygen atoms in total. The summed E-state index contributed by atoms with van der Waals surface area (Å²) in [5.41, 5.74) is 18.4. The number of hydrogen-bond donors (Lipinski definition) is 4. The molecular formula is CH8N9-. The highest BCUT2D eigenvalue weighted by molar-refractivity contribution is 5.76. The predicted molar refractivity (Wildman–Crippen MR) is 36.1 cm³/mol. The van der Waals surface area contributed by atoms with Crippen molar-refractivity contribution in [3.8, 4) is 0 Å². The lowest BCUT2D eigenvalue weighted by Gasteiger charge is -2.06. The van der Waals surface area contributed by atoms with Crippen LogP contribution >= 0.6 is 0 Å². The number of hydrogen-bond acceptors (Lipinski definition) is 4. The lowest BCUT2D eigenvalue weighted by molar-refractivity contribution is 0.457. The van der Waals surface area contributed by atoms with Crippen LogP contribution in [0.3, 0.4) is 0 Å². The molecule has 0 aromatic carbocycles. The molecular weight excluding hydrogens is 138 g/mol. The molecule has 0 radical (unpaired) electrons. The standard InChI is InChI=1S/CH8N6.N3/c2-1(6-3)7(4)5;1-3-2/h3-5H2,(H2,2,6);/q;-1. The van der Waals surface area contributed by atoms with Gasteiger partial charge in [0.1, 0.15) is 0 Å². The molecule has 0 amide bonds. The second-order valence-corrected chi connectivity index (χ2v) is 0.984. The highest BCUT2D eigenvalue weighted by atomic mass is 15.6. The lowest BCUT2D eigenvalue weighted by atomic mass is 11.0. The van der Waals surface area contributed by atoms with Crippen LogP contribution in [-0.2, 0) is 0 Å². The van der Waals surface area contributed by atoms with Gasteiger partial charge < -0.3 is 22.6 Å². The largest absolute Gasteiger partial charge is 0.373 e. The van der Waals surface area contributed by atoms with Gasteiger partial charge >= 0.3 is 0 Å². The Balaban J connectivity index is 0. The molecule has 0 rings (SSSR count). The van der Waals surface area contributed by atoms with Crippen molar-refractivity contribution in [1.82, 2.24) is 5.12 Å². The first kappa shape index (κ1) is 11.1. The quantitative estimate of drug-likeness (QED) is 0.0590. The highest BCUT2D eigenvalue weighted by Gasteiger charge is 1.88. The molecule has 0 aliphatic rings. The Labute approximate surface area is 56.6 Å². The molecule has 0 saturated heterocycles. The molecule has 0 unspecified atom stereocenters. The van der Waals surface area contributed by atoms with Crippen LogP contribution in [0, 0.1) is 0 Å². The summed E-state index contributed by atoms with van der Waals surface area (Å²) in [7, 11) is 0. The van der Waals surface area contributed by atoms with E-state index in [4.69, 9.17) is 28.5 Å². The van der Waals surface area contributed by atoms with E-state index in [-0.39, 0.29) is 5.96 Å². The van der Waals surface area contributed by atoms with Gasteiger partial charge in [-0.3, -0.25) is 4.91 Å². The molecule has 58 valence electrons. The number of rotatable bonds is 0. The SMILES string of the molecule is N/N=C(\N)N(N)N.[N-]=[N+]=[N-]. The first-order chi connectivity index (χ1) is 4.59. The monoisotopic (exact) mass is 146 g/mol. The van der Waals surface area contributed by atoms with E-state index < -0.39 is 0 Å². The average molecular weight is 146 g/mol. The summed E-state index contributed by atoms with van der Waals surface area (Å²) in [5, 5.41) is 3.58. The Bertz CT molecular complexity index is 126. The smallest absolute Gasteiger partial charge is 0.242 e. The van der Waals surface area contributed by atoms with Crippen molar-refractivity contribution in [2.75, 3.05) is 0 Å². The fourth-order valence-corrected chi connectivity index (χ4v) is 0.0667. The summed E-state index contributed by atoms with van der Waals surface area (Å²) in [6.07, 6.45) is 0. The van der Waals surface area contributed by atoms with Crippen LogP contribution in [-0.4, -0.2) is 11.1 Å². The van der Waals surface area contributed by atoms with E-state index in [0.717, 1.165) is 0 Å². The van der Waals surface area contributed by atoms with Crippen molar-refractivity contribution < 1.29 is 0 Å². The second-order valence-electron chi connectivity index (χ2n) is 0.984. The summed E-state index contributed by atoms with van der Waals surface area (Å²) in [4.78, 5) is 1.50. The summed E-state index contributed by atoms with van der Waals surface area (Å²) < 4.78 is 0. The van der Waals surface area contributed by atoms with E-state index in [2.05, 4.69) is 10.9 Å². The van der Waals surface area contributed by atoms with Crippen molar-refractivity contribution in [3.05, 3.63) is 16.0 Å². The third-order valence-electron chi connectivity index (χ3n) is 0.397. The van der Waals surface area contributed by atoms with Crippen molar-refractivity contribution in [3.63, 3.8) is 0 Å². The zero-order chi connectivity index (χ0) is 8.57. The van der Waals surface area contributed by atoms with Gasteiger partial charge in [-0.05, 0) is 0 Å². The molecule has 0 saturated carbocycles. The Morgan fingerprint density at radius 3 is 1.70 bits per heavy atom. The minimum atomic E-state index is -0.111. The molecule has 8 N–H and O–H groups in total. The molecule has 0 aliphatic heterocycles. The topological polar surface area (TPSA) is 178 Å². The first-order valence-electron chi connectivity index (χ1n) is 1.91. The lowest BCUT2D eigenvalue weighted by Crippen LogP contribution is -2.48. The summed E-state index contributed by atoms with van der Waals surface area (Å²) in [6, 6.07) is 0. The molecule has 0 bridgehead atoms. The Morgan fingerprint density at radius 1 is 1.40 bits per heavy atom. The summed E-state index contributed by atoms with van der Waals surface area (Å²) in [5.74, 6) is 14.2. The van der Waals surface area contributed by atoms with E-state index in [9.17, 15) is 0 Å². The van der Waals surface area contributed by atoms with Gasteiger partial charge in [0.25, 0.3) is 0 Å². The number of nitrogens with zero attached hydrogens (tertiary/aromatic N) is 5.